The Hall–Kier alpha value is -1.63. The smallest absolute Gasteiger partial charge is 0.0702 e. The van der Waals surface area contributed by atoms with Crippen LogP contribution in [0, 0.1) is 11.8 Å². The summed E-state index contributed by atoms with van der Waals surface area (Å²) in [4.78, 5) is 4.71. The van der Waals surface area contributed by atoms with E-state index in [4.69, 9.17) is 4.98 Å². The Kier molecular flexibility index (Phi) is 9.25. The summed E-state index contributed by atoms with van der Waals surface area (Å²) in [5.74, 6) is 1.98. The van der Waals surface area contributed by atoms with Gasteiger partial charge in [-0.2, -0.15) is 0 Å². The van der Waals surface area contributed by atoms with Gasteiger partial charge in [0.05, 0.1) is 5.69 Å². The summed E-state index contributed by atoms with van der Waals surface area (Å²) >= 11 is 0. The van der Waals surface area contributed by atoms with E-state index in [-0.39, 0.29) is 0 Å². The van der Waals surface area contributed by atoms with E-state index in [0.717, 1.165) is 24.0 Å². The van der Waals surface area contributed by atoms with Crippen molar-refractivity contribution in [1.82, 2.24) is 4.98 Å². The van der Waals surface area contributed by atoms with Gasteiger partial charge >= 0.3 is 0 Å². The normalized spacial score (nSPS) is 19.4. The molecule has 1 heteroatoms. The monoisotopic (exact) mass is 391 g/mol. The predicted molar refractivity (Wildman–Crippen MR) is 126 cm³/mol. The van der Waals surface area contributed by atoms with Crippen molar-refractivity contribution >= 4 is 0 Å². The zero-order valence-corrected chi connectivity index (χ0v) is 18.8. The van der Waals surface area contributed by atoms with E-state index in [2.05, 4.69) is 56.4 Å². The van der Waals surface area contributed by atoms with E-state index in [1.165, 1.54) is 93.7 Å². The lowest BCUT2D eigenvalue weighted by molar-refractivity contribution is 0.250. The molecule has 2 aromatic rings. The molecule has 0 amide bonds. The van der Waals surface area contributed by atoms with Crippen LogP contribution in [0.1, 0.15) is 95.6 Å². The lowest BCUT2D eigenvalue weighted by atomic mass is 9.78. The number of unbranched alkanes of at least 4 members (excludes halogenated alkanes) is 3. The van der Waals surface area contributed by atoms with Crippen molar-refractivity contribution in [2.24, 2.45) is 11.8 Å². The summed E-state index contributed by atoms with van der Waals surface area (Å²) in [6.45, 7) is 4.57. The van der Waals surface area contributed by atoms with Gasteiger partial charge in [-0.3, -0.25) is 4.98 Å². The van der Waals surface area contributed by atoms with E-state index in [1.807, 2.05) is 0 Å². The minimum absolute atomic E-state index is 0.953. The van der Waals surface area contributed by atoms with Crippen molar-refractivity contribution in [3.05, 3.63) is 53.7 Å². The second-order valence-corrected chi connectivity index (χ2v) is 9.27. The van der Waals surface area contributed by atoms with Crippen LogP contribution in [-0.4, -0.2) is 4.98 Å². The van der Waals surface area contributed by atoms with Crippen LogP contribution < -0.4 is 0 Å². The highest BCUT2D eigenvalue weighted by Gasteiger charge is 2.20. The number of hydrogen-bond acceptors (Lipinski definition) is 1. The SMILES string of the molecule is CCCCCc1ccc(-c2ccc(CC[C@H]3CC[C@H](CCCC)CC3)cc2)nc1. The van der Waals surface area contributed by atoms with Crippen LogP contribution in [0.4, 0.5) is 0 Å². The Morgan fingerprint density at radius 3 is 1.97 bits per heavy atom. The molecule has 0 spiro atoms. The van der Waals surface area contributed by atoms with Crippen LogP contribution >= 0.6 is 0 Å². The maximum atomic E-state index is 4.71. The van der Waals surface area contributed by atoms with Crippen molar-refractivity contribution in [1.29, 1.82) is 0 Å². The molecule has 0 N–H and O–H groups in total. The number of rotatable bonds is 11. The molecule has 0 saturated heterocycles. The highest BCUT2D eigenvalue weighted by atomic mass is 14.7. The molecule has 1 aliphatic rings. The molecule has 0 unspecified atom stereocenters. The highest BCUT2D eigenvalue weighted by Crippen LogP contribution is 2.34. The first-order valence-electron chi connectivity index (χ1n) is 12.3. The maximum Gasteiger partial charge on any atom is 0.0702 e. The van der Waals surface area contributed by atoms with Crippen molar-refractivity contribution < 1.29 is 0 Å². The third-order valence-corrected chi connectivity index (χ3v) is 6.92. The Labute approximate surface area is 179 Å². The molecule has 1 aliphatic carbocycles. The molecule has 0 radical (unpaired) electrons. The lowest BCUT2D eigenvalue weighted by Gasteiger charge is -2.28. The second kappa shape index (κ2) is 12.2. The fourth-order valence-corrected chi connectivity index (χ4v) is 4.84. The van der Waals surface area contributed by atoms with Gasteiger partial charge in [0.2, 0.25) is 0 Å². The van der Waals surface area contributed by atoms with Crippen LogP contribution in [0.5, 0.6) is 0 Å². The summed E-state index contributed by atoms with van der Waals surface area (Å²) < 4.78 is 0. The van der Waals surface area contributed by atoms with Gasteiger partial charge in [0.15, 0.2) is 0 Å². The van der Waals surface area contributed by atoms with Gasteiger partial charge in [0, 0.05) is 11.8 Å². The van der Waals surface area contributed by atoms with Crippen LogP contribution in [0.3, 0.4) is 0 Å². The minimum Gasteiger partial charge on any atom is -0.256 e. The van der Waals surface area contributed by atoms with E-state index >= 15 is 0 Å². The lowest BCUT2D eigenvalue weighted by Crippen LogP contribution is -2.15. The van der Waals surface area contributed by atoms with Crippen LogP contribution in [0.15, 0.2) is 42.6 Å². The summed E-state index contributed by atoms with van der Waals surface area (Å²) in [6.07, 6.45) is 19.8. The molecule has 1 aromatic heterocycles. The minimum atomic E-state index is 0.953. The number of nitrogens with zero attached hydrogens (tertiary/aromatic N) is 1. The van der Waals surface area contributed by atoms with Crippen molar-refractivity contribution in [2.45, 2.75) is 97.3 Å². The quantitative estimate of drug-likeness (QED) is 0.350. The first kappa shape index (κ1) is 22.1. The molecular weight excluding hydrogens is 350 g/mol. The third-order valence-electron chi connectivity index (χ3n) is 6.92. The first-order valence-corrected chi connectivity index (χ1v) is 12.3. The fraction of sp³-hybridized carbons (Fsp3) is 0.607. The molecule has 29 heavy (non-hydrogen) atoms. The molecule has 0 atom stereocenters. The van der Waals surface area contributed by atoms with E-state index in [1.54, 1.807) is 0 Å². The van der Waals surface area contributed by atoms with Crippen molar-refractivity contribution in [3.63, 3.8) is 0 Å². The fourth-order valence-electron chi connectivity index (χ4n) is 4.84. The summed E-state index contributed by atoms with van der Waals surface area (Å²) in [5.41, 5.74) is 5.19. The molecule has 0 bridgehead atoms. The first-order chi connectivity index (χ1) is 14.3. The van der Waals surface area contributed by atoms with Gasteiger partial charge in [-0.1, -0.05) is 102 Å². The van der Waals surface area contributed by atoms with Gasteiger partial charge < -0.3 is 0 Å². The molecular formula is C28H41N. The zero-order chi connectivity index (χ0) is 20.3. The summed E-state index contributed by atoms with van der Waals surface area (Å²) in [5, 5.41) is 0. The van der Waals surface area contributed by atoms with Gasteiger partial charge in [-0.25, -0.2) is 0 Å². The number of aryl methyl sites for hydroxylation is 2. The standard InChI is InChI=1S/C28H41N/c1-3-5-7-9-26-18-21-28(29-22-26)27-19-16-25(17-20-27)15-14-24-12-10-23(11-13-24)8-6-4-2/h16-24H,3-15H2,1-2H3/t23-,24-. The Morgan fingerprint density at radius 1 is 0.690 bits per heavy atom. The molecule has 1 aromatic carbocycles. The molecule has 1 nitrogen and oxygen atoms in total. The van der Waals surface area contributed by atoms with E-state index < -0.39 is 0 Å². The van der Waals surface area contributed by atoms with Gasteiger partial charge in [0.1, 0.15) is 0 Å². The summed E-state index contributed by atoms with van der Waals surface area (Å²) in [6, 6.07) is 13.6. The molecule has 1 heterocycles. The second-order valence-electron chi connectivity index (χ2n) is 9.27. The van der Waals surface area contributed by atoms with E-state index in [9.17, 15) is 0 Å². The van der Waals surface area contributed by atoms with Crippen LogP contribution in [-0.2, 0) is 12.8 Å². The summed E-state index contributed by atoms with van der Waals surface area (Å²) in [7, 11) is 0. The highest BCUT2D eigenvalue weighted by molar-refractivity contribution is 5.59. The van der Waals surface area contributed by atoms with Crippen molar-refractivity contribution in [3.8, 4) is 11.3 Å². The molecule has 0 aliphatic heterocycles. The maximum absolute atomic E-state index is 4.71. The van der Waals surface area contributed by atoms with Gasteiger partial charge in [-0.05, 0) is 54.7 Å². The number of pyridine rings is 1. The molecule has 3 rings (SSSR count). The zero-order valence-electron chi connectivity index (χ0n) is 18.8. The van der Waals surface area contributed by atoms with Gasteiger partial charge in [0.25, 0.3) is 0 Å². The van der Waals surface area contributed by atoms with Crippen LogP contribution in [0.2, 0.25) is 0 Å². The number of aromatic nitrogens is 1. The average Bonchev–Trinajstić information content (AvgIpc) is 2.78. The average molecular weight is 392 g/mol. The predicted octanol–water partition coefficient (Wildman–Crippen LogP) is 8.41. The Bertz CT molecular complexity index is 677. The largest absolute Gasteiger partial charge is 0.256 e. The van der Waals surface area contributed by atoms with Crippen molar-refractivity contribution in [2.75, 3.05) is 0 Å². The Balaban J connectivity index is 1.43. The molecule has 1 saturated carbocycles. The van der Waals surface area contributed by atoms with E-state index in [0.29, 0.717) is 0 Å². The molecule has 1 fully saturated rings. The number of hydrogen-bond donors (Lipinski definition) is 0. The van der Waals surface area contributed by atoms with Crippen LogP contribution in [0.25, 0.3) is 11.3 Å². The number of benzene rings is 1. The molecule has 158 valence electrons. The van der Waals surface area contributed by atoms with Gasteiger partial charge in [-0.15, -0.1) is 0 Å². The Morgan fingerprint density at radius 2 is 1.34 bits per heavy atom. The third kappa shape index (κ3) is 7.28. The topological polar surface area (TPSA) is 12.9 Å².